The Hall–Kier alpha value is -2.66. The van der Waals surface area contributed by atoms with Gasteiger partial charge in [0.25, 0.3) is 11.6 Å². The Kier molecular flexibility index (Phi) is 5.67. The highest BCUT2D eigenvalue weighted by Gasteiger charge is 2.30. The van der Waals surface area contributed by atoms with Crippen molar-refractivity contribution < 1.29 is 22.8 Å². The number of nitrogens with zero attached hydrogens (tertiary/aromatic N) is 1. The molecule has 0 saturated heterocycles. The monoisotopic (exact) mass is 416 g/mol. The zero-order valence-electron chi connectivity index (χ0n) is 16.0. The number of pyridine rings is 1. The van der Waals surface area contributed by atoms with Crippen LogP contribution < -0.4 is 14.0 Å². The average Bonchev–Trinajstić information content (AvgIpc) is 2.73. The Morgan fingerprint density at radius 2 is 1.86 bits per heavy atom. The number of fused-ring (bicyclic) bond motifs is 3. The summed E-state index contributed by atoms with van der Waals surface area (Å²) in [6, 6.07) is 17.3. The largest absolute Gasteiger partial charge is 0.488 e. The van der Waals surface area contributed by atoms with Crippen molar-refractivity contribution in [1.82, 2.24) is 0 Å². The number of ether oxygens (including phenoxy) is 2. The lowest BCUT2D eigenvalue weighted by Gasteiger charge is -2.20. The normalized spacial score (nSPS) is 12.4. The van der Waals surface area contributed by atoms with E-state index in [4.69, 9.17) is 21.1 Å². The SMILES string of the molecule is Cc1c(OCc2ccccc2)cc(Cl)[n+]2c1-c1ccc(OCC(F)F)cc1CC2. The predicted octanol–water partition coefficient (Wildman–Crippen LogP) is 5.38. The first-order valence-electron chi connectivity index (χ1n) is 9.47. The number of alkyl halides is 2. The van der Waals surface area contributed by atoms with Gasteiger partial charge in [-0.1, -0.05) is 30.3 Å². The first-order chi connectivity index (χ1) is 14.0. The number of aromatic nitrogens is 1. The molecule has 0 aliphatic carbocycles. The minimum absolute atomic E-state index is 0.453. The molecule has 2 heterocycles. The highest BCUT2D eigenvalue weighted by atomic mass is 35.5. The first kappa shape index (κ1) is 19.6. The average molecular weight is 417 g/mol. The van der Waals surface area contributed by atoms with Crippen molar-refractivity contribution in [2.45, 2.75) is 32.9 Å². The minimum atomic E-state index is -2.49. The van der Waals surface area contributed by atoms with Crippen molar-refractivity contribution in [3.05, 3.63) is 76.4 Å². The van der Waals surface area contributed by atoms with Crippen molar-refractivity contribution >= 4 is 11.6 Å². The molecule has 0 spiro atoms. The van der Waals surface area contributed by atoms with Crippen molar-refractivity contribution in [2.75, 3.05) is 6.61 Å². The molecule has 0 atom stereocenters. The molecular formula is C23H21ClF2NO2+. The molecule has 4 rings (SSSR count). The summed E-state index contributed by atoms with van der Waals surface area (Å²) >= 11 is 6.56. The maximum absolute atomic E-state index is 12.4. The Morgan fingerprint density at radius 3 is 2.62 bits per heavy atom. The van der Waals surface area contributed by atoms with Gasteiger partial charge < -0.3 is 9.47 Å². The Bertz CT molecular complexity index is 1030. The van der Waals surface area contributed by atoms with E-state index < -0.39 is 13.0 Å². The molecule has 1 aromatic heterocycles. The van der Waals surface area contributed by atoms with E-state index in [0.717, 1.165) is 40.1 Å². The van der Waals surface area contributed by atoms with Gasteiger partial charge in [-0.05, 0) is 47.9 Å². The Labute approximate surface area is 173 Å². The first-order valence-corrected chi connectivity index (χ1v) is 9.84. The van der Waals surface area contributed by atoms with Crippen LogP contribution in [0, 0.1) is 6.92 Å². The second kappa shape index (κ2) is 8.37. The zero-order valence-corrected chi connectivity index (χ0v) is 16.8. The summed E-state index contributed by atoms with van der Waals surface area (Å²) in [5, 5.41) is 0.609. The molecule has 0 radical (unpaired) electrons. The van der Waals surface area contributed by atoms with Crippen LogP contribution in [0.5, 0.6) is 11.5 Å². The fraction of sp³-hybridized carbons (Fsp3) is 0.261. The number of hydrogen-bond donors (Lipinski definition) is 0. The number of aryl methyl sites for hydroxylation is 1. The summed E-state index contributed by atoms with van der Waals surface area (Å²) < 4.78 is 38.2. The molecule has 0 fully saturated rings. The molecule has 29 heavy (non-hydrogen) atoms. The van der Waals surface area contributed by atoms with Gasteiger partial charge >= 0.3 is 0 Å². The van der Waals surface area contributed by atoms with Crippen LogP contribution in [0.2, 0.25) is 5.15 Å². The smallest absolute Gasteiger partial charge is 0.279 e. The lowest BCUT2D eigenvalue weighted by molar-refractivity contribution is -0.685. The standard InChI is InChI=1S/C23H21ClF2NO2/c1-15-20(29-13-16-5-3-2-4-6-16)12-21(24)27-10-9-17-11-18(28-14-22(25)26)7-8-19(17)23(15)27/h2-8,11-12,22H,9-10,13-14H2,1H3/q+1. The van der Waals surface area contributed by atoms with E-state index >= 15 is 0 Å². The summed E-state index contributed by atoms with van der Waals surface area (Å²) in [5.74, 6) is 1.19. The second-order valence-corrected chi connectivity index (χ2v) is 7.39. The van der Waals surface area contributed by atoms with Gasteiger partial charge in [0.15, 0.2) is 6.54 Å². The number of rotatable bonds is 6. The maximum atomic E-state index is 12.4. The van der Waals surface area contributed by atoms with E-state index in [1.165, 1.54) is 0 Å². The van der Waals surface area contributed by atoms with Gasteiger partial charge in [-0.15, -0.1) is 0 Å². The molecule has 0 unspecified atom stereocenters. The van der Waals surface area contributed by atoms with E-state index in [1.807, 2.05) is 55.5 Å². The van der Waals surface area contributed by atoms with Crippen LogP contribution >= 0.6 is 11.6 Å². The summed E-state index contributed by atoms with van der Waals surface area (Å²) in [7, 11) is 0. The molecule has 2 aromatic carbocycles. The molecule has 3 nitrogen and oxygen atoms in total. The summed E-state index contributed by atoms with van der Waals surface area (Å²) in [6.45, 7) is 2.57. The van der Waals surface area contributed by atoms with E-state index in [-0.39, 0.29) is 0 Å². The molecule has 3 aromatic rings. The van der Waals surface area contributed by atoms with Crippen LogP contribution in [0.3, 0.4) is 0 Å². The van der Waals surface area contributed by atoms with Crippen LogP contribution in [0.4, 0.5) is 8.78 Å². The maximum Gasteiger partial charge on any atom is 0.279 e. The summed E-state index contributed by atoms with van der Waals surface area (Å²) in [6.07, 6.45) is -1.74. The fourth-order valence-corrected chi connectivity index (χ4v) is 3.93. The number of hydrogen-bond acceptors (Lipinski definition) is 2. The van der Waals surface area contributed by atoms with Gasteiger partial charge in [0.2, 0.25) is 5.69 Å². The lowest BCUT2D eigenvalue weighted by Crippen LogP contribution is -2.42. The molecule has 1 aliphatic rings. The molecule has 0 bridgehead atoms. The fourth-order valence-electron chi connectivity index (χ4n) is 3.66. The molecule has 150 valence electrons. The molecular weight excluding hydrogens is 396 g/mol. The van der Waals surface area contributed by atoms with Crippen LogP contribution in [0.25, 0.3) is 11.3 Å². The summed E-state index contributed by atoms with van der Waals surface area (Å²) in [5.41, 5.74) is 5.13. The van der Waals surface area contributed by atoms with E-state index in [9.17, 15) is 8.78 Å². The van der Waals surface area contributed by atoms with Gasteiger partial charge in [0.05, 0.1) is 17.2 Å². The van der Waals surface area contributed by atoms with Crippen molar-refractivity contribution in [3.63, 3.8) is 0 Å². The molecule has 0 saturated carbocycles. The van der Waals surface area contributed by atoms with E-state index in [0.29, 0.717) is 24.1 Å². The third-order valence-electron chi connectivity index (χ3n) is 5.05. The lowest BCUT2D eigenvalue weighted by atomic mass is 9.94. The van der Waals surface area contributed by atoms with Gasteiger partial charge in [-0.25, -0.2) is 8.78 Å². The Morgan fingerprint density at radius 1 is 1.07 bits per heavy atom. The van der Waals surface area contributed by atoms with Crippen LogP contribution in [0.15, 0.2) is 54.6 Å². The van der Waals surface area contributed by atoms with E-state index in [2.05, 4.69) is 4.57 Å². The van der Waals surface area contributed by atoms with Crippen LogP contribution in [-0.4, -0.2) is 13.0 Å². The highest BCUT2D eigenvalue weighted by molar-refractivity contribution is 6.28. The van der Waals surface area contributed by atoms with Gasteiger partial charge in [0.1, 0.15) is 24.7 Å². The van der Waals surface area contributed by atoms with Crippen LogP contribution in [0.1, 0.15) is 16.7 Å². The second-order valence-electron chi connectivity index (χ2n) is 7.00. The number of benzene rings is 2. The Balaban J connectivity index is 1.66. The van der Waals surface area contributed by atoms with E-state index in [1.54, 1.807) is 6.07 Å². The summed E-state index contributed by atoms with van der Waals surface area (Å²) in [4.78, 5) is 0. The number of halogens is 3. The predicted molar refractivity (Wildman–Crippen MR) is 108 cm³/mol. The van der Waals surface area contributed by atoms with Crippen molar-refractivity contribution in [2.24, 2.45) is 0 Å². The third kappa shape index (κ3) is 4.20. The molecule has 0 amide bonds. The molecule has 6 heteroatoms. The quantitative estimate of drug-likeness (QED) is 0.397. The van der Waals surface area contributed by atoms with Crippen molar-refractivity contribution in [3.8, 4) is 22.8 Å². The minimum Gasteiger partial charge on any atom is -0.488 e. The third-order valence-corrected chi connectivity index (χ3v) is 5.37. The molecule has 0 N–H and O–H groups in total. The van der Waals surface area contributed by atoms with Crippen molar-refractivity contribution in [1.29, 1.82) is 0 Å². The van der Waals surface area contributed by atoms with Crippen LogP contribution in [-0.2, 0) is 19.6 Å². The molecule has 1 aliphatic heterocycles. The zero-order chi connectivity index (χ0) is 20.4. The highest BCUT2D eigenvalue weighted by Crippen LogP contribution is 2.36. The van der Waals surface area contributed by atoms with Gasteiger partial charge in [0, 0.05) is 6.42 Å². The van der Waals surface area contributed by atoms with Gasteiger partial charge in [-0.3, -0.25) is 0 Å². The van der Waals surface area contributed by atoms with Gasteiger partial charge in [-0.2, -0.15) is 4.57 Å². The topological polar surface area (TPSA) is 22.3 Å².